The number of ketones is 1. The fourth-order valence-electron chi connectivity index (χ4n) is 8.09. The molecule has 5 atom stereocenters. The molecule has 0 radical (unpaired) electrons. The highest BCUT2D eigenvalue weighted by Crippen LogP contribution is 2.35. The van der Waals surface area contributed by atoms with Gasteiger partial charge in [-0.25, -0.2) is 19.6 Å². The number of aromatic nitrogens is 4. The van der Waals surface area contributed by atoms with Crippen molar-refractivity contribution in [2.45, 2.75) is 90.9 Å². The normalized spacial score (nSPS) is 19.2. The molecule has 15 nitrogen and oxygen atoms in total. The molecule has 4 heterocycles. The predicted molar refractivity (Wildman–Crippen MR) is 222 cm³/mol. The van der Waals surface area contributed by atoms with E-state index in [0.29, 0.717) is 31.0 Å². The van der Waals surface area contributed by atoms with Gasteiger partial charge in [0.05, 0.1) is 50.1 Å². The summed E-state index contributed by atoms with van der Waals surface area (Å²) in [5.74, 6) is 0.316. The topological polar surface area (TPSA) is 192 Å². The molecule has 15 heteroatoms. The van der Waals surface area contributed by atoms with E-state index in [0.717, 1.165) is 52.9 Å². The minimum atomic E-state index is -0.828. The van der Waals surface area contributed by atoms with Crippen molar-refractivity contribution in [3.8, 4) is 33.6 Å². The third kappa shape index (κ3) is 9.67. The number of carbonyl (C=O) groups is 5. The molecule has 5 unspecified atom stereocenters. The lowest BCUT2D eigenvalue weighted by atomic mass is 9.98. The number of Topliss-reactive ketones (excluding diaryl/α,β-unsaturated/α-hetero) is 1. The summed E-state index contributed by atoms with van der Waals surface area (Å²) in [5.41, 5.74) is 5.58. The van der Waals surface area contributed by atoms with E-state index < -0.39 is 30.3 Å². The highest BCUT2D eigenvalue weighted by molar-refractivity contribution is 5.88. The molecule has 0 bridgehead atoms. The predicted octanol–water partition coefficient (Wildman–Crippen LogP) is 6.82. The Morgan fingerprint density at radius 1 is 0.644 bits per heavy atom. The molecule has 0 saturated carbocycles. The summed E-state index contributed by atoms with van der Waals surface area (Å²) in [4.78, 5) is 84.1. The molecule has 2 aromatic carbocycles. The van der Waals surface area contributed by atoms with Gasteiger partial charge in [0.15, 0.2) is 0 Å². The first-order valence-electron chi connectivity index (χ1n) is 20.4. The Morgan fingerprint density at radius 3 is 1.51 bits per heavy atom. The van der Waals surface area contributed by atoms with Crippen LogP contribution in [0.1, 0.15) is 90.5 Å². The highest BCUT2D eigenvalue weighted by Gasteiger charge is 2.39. The minimum absolute atomic E-state index is 0.0321. The first-order valence-corrected chi connectivity index (χ1v) is 20.4. The Hall–Kier alpha value is -5.99. The number of hydrogen-bond acceptors (Lipinski definition) is 9. The van der Waals surface area contributed by atoms with Gasteiger partial charge in [-0.3, -0.25) is 14.4 Å². The minimum Gasteiger partial charge on any atom is -0.453 e. The molecule has 2 aromatic heterocycles. The van der Waals surface area contributed by atoms with E-state index in [1.54, 1.807) is 29.1 Å². The van der Waals surface area contributed by atoms with Crippen LogP contribution in [0.25, 0.3) is 33.6 Å². The summed E-state index contributed by atoms with van der Waals surface area (Å²) in [6.07, 6.45) is 5.88. The van der Waals surface area contributed by atoms with Gasteiger partial charge in [0.1, 0.15) is 29.5 Å². The number of nitrogens with one attached hydrogen (secondary N) is 4. The average molecular weight is 809 g/mol. The molecule has 314 valence electrons. The van der Waals surface area contributed by atoms with Crippen LogP contribution in [0.4, 0.5) is 9.59 Å². The van der Waals surface area contributed by atoms with Crippen molar-refractivity contribution in [1.82, 2.24) is 40.4 Å². The van der Waals surface area contributed by atoms with Crippen LogP contribution in [0, 0.1) is 17.8 Å². The lowest BCUT2D eigenvalue weighted by molar-refractivity contribution is -0.138. The number of nitrogens with zero attached hydrogens (tertiary/aromatic N) is 4. The Labute approximate surface area is 345 Å². The van der Waals surface area contributed by atoms with E-state index in [2.05, 4.69) is 49.9 Å². The summed E-state index contributed by atoms with van der Waals surface area (Å²) < 4.78 is 9.56. The molecule has 4 N–H and O–H groups in total. The summed E-state index contributed by atoms with van der Waals surface area (Å²) in [5, 5.41) is 5.38. The van der Waals surface area contributed by atoms with Gasteiger partial charge >= 0.3 is 12.2 Å². The third-order valence-electron chi connectivity index (χ3n) is 11.5. The Bertz CT molecular complexity index is 2110. The molecule has 59 heavy (non-hydrogen) atoms. The van der Waals surface area contributed by atoms with Crippen LogP contribution in [-0.4, -0.2) is 98.9 Å². The summed E-state index contributed by atoms with van der Waals surface area (Å²) in [6.45, 7) is 9.90. The number of imidazole rings is 2. The number of likely N-dealkylation sites (tertiary alicyclic amines) is 2. The SMILES string of the molecule is COC(=O)NC(C(=O)N1CCCC1c1ncc(-c2ccc(-c3ccc(-c4cnc(C5CCCC(C(C)=O)CN5C(=O)C(NC(=O)OC)C(C)C)[nH]4)cc3)cc2)[nH]1)C(C)C. The lowest BCUT2D eigenvalue weighted by Crippen LogP contribution is -2.53. The van der Waals surface area contributed by atoms with Crippen LogP contribution in [-0.2, 0) is 23.9 Å². The Morgan fingerprint density at radius 2 is 1.07 bits per heavy atom. The van der Waals surface area contributed by atoms with Crippen molar-refractivity contribution in [1.29, 1.82) is 0 Å². The number of carbonyl (C=O) groups excluding carboxylic acids is 5. The van der Waals surface area contributed by atoms with Crippen molar-refractivity contribution >= 4 is 29.8 Å². The number of alkyl carbamates (subject to hydrolysis) is 2. The average Bonchev–Trinajstić information content (AvgIpc) is 4.01. The highest BCUT2D eigenvalue weighted by atomic mass is 16.5. The van der Waals surface area contributed by atoms with Crippen molar-refractivity contribution < 1.29 is 33.4 Å². The van der Waals surface area contributed by atoms with E-state index in [4.69, 9.17) is 14.5 Å². The zero-order valence-corrected chi connectivity index (χ0v) is 34.9. The van der Waals surface area contributed by atoms with Gasteiger partial charge < -0.3 is 39.9 Å². The van der Waals surface area contributed by atoms with Gasteiger partial charge in [0.2, 0.25) is 11.8 Å². The van der Waals surface area contributed by atoms with E-state index >= 15 is 0 Å². The molecule has 0 spiro atoms. The van der Waals surface area contributed by atoms with Crippen LogP contribution in [0.2, 0.25) is 0 Å². The maximum atomic E-state index is 14.1. The number of benzene rings is 2. The van der Waals surface area contributed by atoms with Crippen LogP contribution in [0.15, 0.2) is 60.9 Å². The lowest BCUT2D eigenvalue weighted by Gasteiger charge is -2.34. The molecular formula is C44H56N8O7. The number of rotatable bonds is 12. The van der Waals surface area contributed by atoms with Gasteiger partial charge in [-0.2, -0.15) is 0 Å². The van der Waals surface area contributed by atoms with Gasteiger partial charge in [-0.15, -0.1) is 0 Å². The summed E-state index contributed by atoms with van der Waals surface area (Å²) >= 11 is 0. The maximum absolute atomic E-state index is 14.1. The number of aromatic amines is 2. The van der Waals surface area contributed by atoms with E-state index in [1.165, 1.54) is 14.2 Å². The van der Waals surface area contributed by atoms with E-state index in [1.807, 2.05) is 52.0 Å². The van der Waals surface area contributed by atoms with Crippen LogP contribution >= 0.6 is 0 Å². The standard InChI is InChI=1S/C44H56N8O7/c1-25(2)37(49-43(56)58-6)41(54)51-21-9-12-35(51)39-45-22-33(47-39)30-17-13-28(14-18-30)29-15-19-31(20-16-29)34-23-46-40(48-34)36-11-8-10-32(27(5)53)24-52(36)42(55)38(26(3)4)50-44(57)59-7/h13-20,22-23,25-26,32,35-38H,8-12,21,24H2,1-7H3,(H,45,47)(H,46,48)(H,49,56)(H,50,57). The first kappa shape index (κ1) is 42.6. The smallest absolute Gasteiger partial charge is 0.407 e. The summed E-state index contributed by atoms with van der Waals surface area (Å²) in [7, 11) is 2.55. The molecule has 0 aliphatic carbocycles. The Kier molecular flexibility index (Phi) is 13.5. The molecular weight excluding hydrogens is 753 g/mol. The quantitative estimate of drug-likeness (QED) is 0.119. The number of hydrogen-bond donors (Lipinski definition) is 4. The number of H-pyrrole nitrogens is 2. The van der Waals surface area contributed by atoms with Crippen molar-refractivity contribution in [2.24, 2.45) is 17.8 Å². The fraction of sp³-hybridized carbons (Fsp3) is 0.477. The zero-order chi connectivity index (χ0) is 42.4. The van der Waals surface area contributed by atoms with Gasteiger partial charge in [-0.05, 0) is 66.7 Å². The maximum Gasteiger partial charge on any atom is 0.407 e. The van der Waals surface area contributed by atoms with Crippen LogP contribution in [0.5, 0.6) is 0 Å². The van der Waals surface area contributed by atoms with Crippen molar-refractivity contribution in [3.05, 3.63) is 72.6 Å². The number of amides is 4. The Balaban J connectivity index is 1.15. The largest absolute Gasteiger partial charge is 0.453 e. The van der Waals surface area contributed by atoms with Crippen LogP contribution in [0.3, 0.4) is 0 Å². The second-order valence-electron chi connectivity index (χ2n) is 16.2. The van der Waals surface area contributed by atoms with Crippen molar-refractivity contribution in [3.63, 3.8) is 0 Å². The van der Waals surface area contributed by atoms with Crippen molar-refractivity contribution in [2.75, 3.05) is 27.3 Å². The number of methoxy groups -OCH3 is 2. The molecule has 2 saturated heterocycles. The molecule has 4 amide bonds. The fourth-order valence-corrected chi connectivity index (χ4v) is 8.09. The molecule has 4 aromatic rings. The molecule has 2 aliphatic heterocycles. The van der Waals surface area contributed by atoms with E-state index in [-0.39, 0.29) is 47.9 Å². The van der Waals surface area contributed by atoms with Gasteiger partial charge in [0, 0.05) is 19.0 Å². The first-order chi connectivity index (χ1) is 28.3. The number of ether oxygens (including phenoxy) is 2. The van der Waals surface area contributed by atoms with E-state index in [9.17, 15) is 24.0 Å². The molecule has 2 fully saturated rings. The van der Waals surface area contributed by atoms with Crippen LogP contribution < -0.4 is 10.6 Å². The second kappa shape index (κ2) is 18.7. The monoisotopic (exact) mass is 808 g/mol. The van der Waals surface area contributed by atoms with Gasteiger partial charge in [0.25, 0.3) is 0 Å². The van der Waals surface area contributed by atoms with Gasteiger partial charge in [-0.1, -0.05) is 82.6 Å². The third-order valence-corrected chi connectivity index (χ3v) is 11.5. The second-order valence-corrected chi connectivity index (χ2v) is 16.2. The zero-order valence-electron chi connectivity index (χ0n) is 34.9. The summed E-state index contributed by atoms with van der Waals surface area (Å²) in [6, 6.07) is 14.2. The molecule has 2 aliphatic rings. The molecule has 6 rings (SSSR count).